The number of urea groups is 1. The molecule has 0 radical (unpaired) electrons. The summed E-state index contributed by atoms with van der Waals surface area (Å²) in [7, 11) is 0. The number of hydrogen-bond donors (Lipinski definition) is 2. The molecule has 2 saturated heterocycles. The van der Waals surface area contributed by atoms with Crippen molar-refractivity contribution in [3.05, 3.63) is 0 Å². The van der Waals surface area contributed by atoms with Gasteiger partial charge in [0.25, 0.3) is 5.91 Å². The van der Waals surface area contributed by atoms with Gasteiger partial charge in [-0.15, -0.1) is 0 Å². The van der Waals surface area contributed by atoms with Crippen molar-refractivity contribution in [3.8, 4) is 0 Å². The van der Waals surface area contributed by atoms with Crippen LogP contribution in [0.25, 0.3) is 0 Å². The van der Waals surface area contributed by atoms with Crippen LogP contribution in [0.15, 0.2) is 0 Å². The monoisotopic (exact) mass is 255 g/mol. The first-order valence-electron chi connectivity index (χ1n) is 5.77. The van der Waals surface area contributed by atoms with Gasteiger partial charge >= 0.3 is 6.03 Å². The van der Waals surface area contributed by atoms with Crippen molar-refractivity contribution in [2.45, 2.75) is 31.9 Å². The SMILES string of the molecule is CC1(O)CN(C(=O)CN2C(=O)NC(C)(C)C2=O)C1. The second-order valence-corrected chi connectivity index (χ2v) is 5.69. The lowest BCUT2D eigenvalue weighted by Gasteiger charge is -2.44. The van der Waals surface area contributed by atoms with Crippen LogP contribution in [-0.4, -0.2) is 63.5 Å². The van der Waals surface area contributed by atoms with E-state index >= 15 is 0 Å². The summed E-state index contributed by atoms with van der Waals surface area (Å²) < 4.78 is 0. The summed E-state index contributed by atoms with van der Waals surface area (Å²) in [6.07, 6.45) is 0. The number of β-amino-alcohol motifs (C(OH)–C–C–N with tert-alkyl or cyclic N) is 1. The minimum absolute atomic E-state index is 0.235. The predicted molar refractivity (Wildman–Crippen MR) is 61.5 cm³/mol. The summed E-state index contributed by atoms with van der Waals surface area (Å²) >= 11 is 0. The van der Waals surface area contributed by atoms with Crippen LogP contribution in [0.1, 0.15) is 20.8 Å². The molecule has 2 rings (SSSR count). The number of aliphatic hydroxyl groups is 1. The van der Waals surface area contributed by atoms with E-state index in [9.17, 15) is 19.5 Å². The van der Waals surface area contributed by atoms with Crippen LogP contribution in [0.2, 0.25) is 0 Å². The third-order valence-electron chi connectivity index (χ3n) is 3.15. The molecular weight excluding hydrogens is 238 g/mol. The van der Waals surface area contributed by atoms with Gasteiger partial charge in [-0.3, -0.25) is 14.5 Å². The Kier molecular flexibility index (Phi) is 2.62. The van der Waals surface area contributed by atoms with Crippen molar-refractivity contribution >= 4 is 17.8 Å². The standard InChI is InChI=1S/C11H17N3O4/c1-10(2)8(16)14(9(17)12-10)4-7(15)13-5-11(3,18)6-13/h18H,4-6H2,1-3H3,(H,12,17). The molecule has 7 heteroatoms. The molecule has 0 unspecified atom stereocenters. The van der Waals surface area contributed by atoms with Crippen molar-refractivity contribution < 1.29 is 19.5 Å². The van der Waals surface area contributed by atoms with Gasteiger partial charge in [-0.1, -0.05) is 0 Å². The highest BCUT2D eigenvalue weighted by Crippen LogP contribution is 2.21. The molecule has 2 N–H and O–H groups in total. The van der Waals surface area contributed by atoms with E-state index < -0.39 is 23.1 Å². The molecule has 0 aromatic carbocycles. The molecule has 0 aromatic heterocycles. The number of carbonyl (C=O) groups excluding carboxylic acids is 3. The number of rotatable bonds is 2. The molecule has 0 aromatic rings. The van der Waals surface area contributed by atoms with Gasteiger partial charge in [0.1, 0.15) is 12.1 Å². The van der Waals surface area contributed by atoms with Gasteiger partial charge in [-0.2, -0.15) is 0 Å². The molecular formula is C11H17N3O4. The van der Waals surface area contributed by atoms with E-state index in [0.29, 0.717) is 0 Å². The Morgan fingerprint density at radius 2 is 1.89 bits per heavy atom. The fourth-order valence-electron chi connectivity index (χ4n) is 2.15. The summed E-state index contributed by atoms with van der Waals surface area (Å²) in [5.41, 5.74) is -1.82. The molecule has 0 aliphatic carbocycles. The van der Waals surface area contributed by atoms with Gasteiger partial charge in [0.2, 0.25) is 5.91 Å². The number of nitrogens with zero attached hydrogens (tertiary/aromatic N) is 2. The number of likely N-dealkylation sites (tertiary alicyclic amines) is 1. The highest BCUT2D eigenvalue weighted by molar-refractivity contribution is 6.08. The lowest BCUT2D eigenvalue weighted by atomic mass is 9.97. The quantitative estimate of drug-likeness (QED) is 0.613. The maximum Gasteiger partial charge on any atom is 0.325 e. The normalized spacial score (nSPS) is 24.9. The molecule has 4 amide bonds. The maximum absolute atomic E-state index is 11.9. The van der Waals surface area contributed by atoms with E-state index in [0.717, 1.165) is 4.90 Å². The Labute approximate surface area is 105 Å². The fourth-order valence-corrected chi connectivity index (χ4v) is 2.15. The van der Waals surface area contributed by atoms with Crippen LogP contribution in [0, 0.1) is 0 Å². The van der Waals surface area contributed by atoms with Gasteiger partial charge < -0.3 is 15.3 Å². The van der Waals surface area contributed by atoms with Gasteiger partial charge in [-0.05, 0) is 20.8 Å². The molecule has 2 fully saturated rings. The summed E-state index contributed by atoms with van der Waals surface area (Å²) in [4.78, 5) is 37.6. The van der Waals surface area contributed by atoms with E-state index in [-0.39, 0.29) is 25.5 Å². The van der Waals surface area contributed by atoms with Crippen LogP contribution >= 0.6 is 0 Å². The molecule has 2 aliphatic rings. The van der Waals surface area contributed by atoms with Crippen molar-refractivity contribution in [2.75, 3.05) is 19.6 Å². The van der Waals surface area contributed by atoms with Crippen molar-refractivity contribution in [1.82, 2.24) is 15.1 Å². The van der Waals surface area contributed by atoms with Gasteiger partial charge in [0.05, 0.1) is 18.7 Å². The molecule has 2 aliphatic heterocycles. The van der Waals surface area contributed by atoms with Gasteiger partial charge in [0.15, 0.2) is 0 Å². The number of nitrogens with one attached hydrogen (secondary N) is 1. The van der Waals surface area contributed by atoms with E-state index in [2.05, 4.69) is 5.32 Å². The maximum atomic E-state index is 11.9. The lowest BCUT2D eigenvalue weighted by Crippen LogP contribution is -2.63. The van der Waals surface area contributed by atoms with Crippen LogP contribution < -0.4 is 5.32 Å². The second-order valence-electron chi connectivity index (χ2n) is 5.69. The predicted octanol–water partition coefficient (Wildman–Crippen LogP) is -1.09. The largest absolute Gasteiger partial charge is 0.386 e. The van der Waals surface area contributed by atoms with Crippen LogP contribution in [-0.2, 0) is 9.59 Å². The Bertz CT molecular complexity index is 422. The Morgan fingerprint density at radius 1 is 1.33 bits per heavy atom. The average Bonchev–Trinajstić information content (AvgIpc) is 2.37. The highest BCUT2D eigenvalue weighted by atomic mass is 16.3. The molecule has 7 nitrogen and oxygen atoms in total. The summed E-state index contributed by atoms with van der Waals surface area (Å²) in [6, 6.07) is -0.550. The number of carbonyl (C=O) groups is 3. The third-order valence-corrected chi connectivity index (χ3v) is 3.15. The van der Waals surface area contributed by atoms with E-state index in [1.54, 1.807) is 20.8 Å². The molecule has 0 spiro atoms. The lowest BCUT2D eigenvalue weighted by molar-refractivity contribution is -0.154. The van der Waals surface area contributed by atoms with Crippen molar-refractivity contribution in [2.24, 2.45) is 0 Å². The smallest absolute Gasteiger partial charge is 0.325 e. The number of imide groups is 1. The average molecular weight is 255 g/mol. The van der Waals surface area contributed by atoms with Crippen molar-refractivity contribution in [1.29, 1.82) is 0 Å². The first kappa shape index (κ1) is 12.8. The molecule has 18 heavy (non-hydrogen) atoms. The highest BCUT2D eigenvalue weighted by Gasteiger charge is 2.47. The minimum Gasteiger partial charge on any atom is -0.386 e. The molecule has 2 heterocycles. The molecule has 0 saturated carbocycles. The van der Waals surface area contributed by atoms with E-state index in [1.807, 2.05) is 0 Å². The topological polar surface area (TPSA) is 89.9 Å². The first-order chi connectivity index (χ1) is 8.12. The van der Waals surface area contributed by atoms with Crippen LogP contribution in [0.3, 0.4) is 0 Å². The zero-order chi connectivity index (χ0) is 13.7. The van der Waals surface area contributed by atoms with E-state index in [1.165, 1.54) is 4.90 Å². The minimum atomic E-state index is -0.961. The number of hydrogen-bond acceptors (Lipinski definition) is 4. The third kappa shape index (κ3) is 2.05. The second kappa shape index (κ2) is 3.68. The molecule has 0 atom stereocenters. The van der Waals surface area contributed by atoms with Crippen LogP contribution in [0.4, 0.5) is 4.79 Å². The number of amides is 4. The van der Waals surface area contributed by atoms with Gasteiger partial charge in [0, 0.05) is 0 Å². The Hall–Kier alpha value is -1.63. The van der Waals surface area contributed by atoms with Gasteiger partial charge in [-0.25, -0.2) is 4.79 Å². The summed E-state index contributed by atoms with van der Waals surface area (Å²) in [5.74, 6) is -0.740. The molecule has 100 valence electrons. The zero-order valence-electron chi connectivity index (χ0n) is 10.7. The summed E-state index contributed by atoms with van der Waals surface area (Å²) in [5, 5.41) is 12.0. The zero-order valence-corrected chi connectivity index (χ0v) is 10.7. The molecule has 0 bridgehead atoms. The first-order valence-corrected chi connectivity index (χ1v) is 5.77. The fraction of sp³-hybridized carbons (Fsp3) is 0.727. The summed E-state index contributed by atoms with van der Waals surface area (Å²) in [6.45, 7) is 5.01. The van der Waals surface area contributed by atoms with Crippen molar-refractivity contribution in [3.63, 3.8) is 0 Å². The van der Waals surface area contributed by atoms with Crippen LogP contribution in [0.5, 0.6) is 0 Å². The Morgan fingerprint density at radius 3 is 2.28 bits per heavy atom. The van der Waals surface area contributed by atoms with E-state index in [4.69, 9.17) is 0 Å². The Balaban J connectivity index is 1.97.